The highest BCUT2D eigenvalue weighted by Gasteiger charge is 2.22. The van der Waals surface area contributed by atoms with E-state index in [-0.39, 0.29) is 0 Å². The smallest absolute Gasteiger partial charge is 0.340 e. The number of carbonyl (C=O) groups excluding carboxylic acids is 1. The molecule has 0 amide bonds. The summed E-state index contributed by atoms with van der Waals surface area (Å²) in [5, 5.41) is 0. The lowest BCUT2D eigenvalue weighted by molar-refractivity contribution is -0.146. The van der Waals surface area contributed by atoms with Crippen molar-refractivity contribution >= 4 is 29.5 Å². The zero-order valence-electron chi connectivity index (χ0n) is 13.4. The molecule has 0 radical (unpaired) electrons. The van der Waals surface area contributed by atoms with E-state index in [0.29, 0.717) is 29.1 Å². The molecule has 2 rings (SSSR count). The maximum absolute atomic E-state index is 12.1. The zero-order chi connectivity index (χ0) is 16.7. The van der Waals surface area contributed by atoms with E-state index < -0.39 is 12.1 Å². The minimum absolute atomic E-state index is 0.424. The molecule has 1 unspecified atom stereocenters. The minimum atomic E-state index is -0.625. The first-order chi connectivity index (χ1) is 11.2. The van der Waals surface area contributed by atoms with Crippen LogP contribution in [0.15, 0.2) is 30.9 Å². The molecule has 1 aromatic rings. The molecule has 0 saturated carbocycles. The number of hydrogen-bond acceptors (Lipinski definition) is 6. The quantitative estimate of drug-likeness (QED) is 0.304. The fourth-order valence-electron chi connectivity index (χ4n) is 2.05. The predicted octanol–water partition coefficient (Wildman–Crippen LogP) is 4.06. The van der Waals surface area contributed by atoms with Gasteiger partial charge in [-0.25, -0.2) is 4.79 Å². The van der Waals surface area contributed by atoms with E-state index in [1.807, 2.05) is 35.7 Å². The number of esters is 1. The molecule has 0 spiro atoms. The van der Waals surface area contributed by atoms with Crippen LogP contribution in [0.3, 0.4) is 0 Å². The number of benzene rings is 1. The van der Waals surface area contributed by atoms with Gasteiger partial charge in [0, 0.05) is 11.5 Å². The molecule has 0 aliphatic carbocycles. The first kappa shape index (κ1) is 18.2. The van der Waals surface area contributed by atoms with Crippen LogP contribution in [-0.4, -0.2) is 37.3 Å². The maximum Gasteiger partial charge on any atom is 0.340 e. The highest BCUT2D eigenvalue weighted by Crippen LogP contribution is 2.46. The molecule has 1 saturated heterocycles. The number of ether oxygens (including phenoxy) is 3. The van der Waals surface area contributed by atoms with Crippen LogP contribution in [0.5, 0.6) is 11.5 Å². The number of hydrogen-bond donors (Lipinski definition) is 0. The molecule has 0 N–H and O–H groups in total. The third-order valence-corrected chi connectivity index (χ3v) is 6.42. The third kappa shape index (κ3) is 5.19. The molecule has 1 fully saturated rings. The molecule has 1 atom stereocenters. The van der Waals surface area contributed by atoms with Crippen molar-refractivity contribution in [1.82, 2.24) is 0 Å². The highest BCUT2D eigenvalue weighted by atomic mass is 32.2. The van der Waals surface area contributed by atoms with Gasteiger partial charge in [0.2, 0.25) is 0 Å². The first-order valence-corrected chi connectivity index (χ1v) is 9.60. The fourth-order valence-corrected chi connectivity index (χ4v) is 4.89. The van der Waals surface area contributed by atoms with Gasteiger partial charge >= 0.3 is 5.97 Å². The Balaban J connectivity index is 2.01. The van der Waals surface area contributed by atoms with Crippen molar-refractivity contribution in [2.45, 2.75) is 24.0 Å². The molecule has 6 heteroatoms. The van der Waals surface area contributed by atoms with E-state index in [4.69, 9.17) is 14.2 Å². The second-order valence-electron chi connectivity index (χ2n) is 5.00. The lowest BCUT2D eigenvalue weighted by Crippen LogP contribution is -2.26. The van der Waals surface area contributed by atoms with Crippen molar-refractivity contribution in [3.05, 3.63) is 36.4 Å². The highest BCUT2D eigenvalue weighted by molar-refractivity contribution is 8.19. The van der Waals surface area contributed by atoms with Crippen LogP contribution in [0.2, 0.25) is 0 Å². The Kier molecular flexibility index (Phi) is 7.33. The number of rotatable bonds is 8. The summed E-state index contributed by atoms with van der Waals surface area (Å²) in [6, 6.07) is 5.73. The van der Waals surface area contributed by atoms with Gasteiger partial charge in [-0.2, -0.15) is 0 Å². The van der Waals surface area contributed by atoms with Crippen LogP contribution >= 0.6 is 23.5 Å². The number of methoxy groups -OCH3 is 1. The van der Waals surface area contributed by atoms with Gasteiger partial charge in [0.15, 0.2) is 17.6 Å². The van der Waals surface area contributed by atoms with Crippen molar-refractivity contribution in [2.75, 3.05) is 25.2 Å². The van der Waals surface area contributed by atoms with Crippen molar-refractivity contribution in [3.8, 4) is 11.5 Å². The summed E-state index contributed by atoms with van der Waals surface area (Å²) in [5.74, 6) is 2.89. The van der Waals surface area contributed by atoms with E-state index >= 15 is 0 Å². The minimum Gasteiger partial charge on any atom is -0.493 e. The number of carbonyl (C=O) groups is 1. The second-order valence-corrected chi connectivity index (χ2v) is 7.72. The molecule has 0 aromatic heterocycles. The van der Waals surface area contributed by atoms with Crippen molar-refractivity contribution < 1.29 is 19.0 Å². The molecular formula is C17H22O4S2. The molecule has 126 valence electrons. The lowest BCUT2D eigenvalue weighted by Gasteiger charge is -2.16. The monoisotopic (exact) mass is 354 g/mol. The molecule has 4 nitrogen and oxygen atoms in total. The van der Waals surface area contributed by atoms with E-state index in [2.05, 4.69) is 6.58 Å². The van der Waals surface area contributed by atoms with Gasteiger partial charge in [-0.1, -0.05) is 12.1 Å². The SMILES string of the molecule is C=CCCOC(C)C(=O)Oc1ccc(C2SCCS2)cc1OC. The predicted molar refractivity (Wildman–Crippen MR) is 96.5 cm³/mol. The molecule has 1 heterocycles. The van der Waals surface area contributed by atoms with E-state index in [9.17, 15) is 4.79 Å². The van der Waals surface area contributed by atoms with Gasteiger partial charge in [-0.05, 0) is 31.0 Å². The lowest BCUT2D eigenvalue weighted by atomic mass is 10.2. The Hall–Kier alpha value is -1.11. The summed E-state index contributed by atoms with van der Waals surface area (Å²) in [7, 11) is 1.58. The Morgan fingerprint density at radius 2 is 2.13 bits per heavy atom. The van der Waals surface area contributed by atoms with E-state index in [1.165, 1.54) is 5.56 Å². The average Bonchev–Trinajstić information content (AvgIpc) is 3.09. The van der Waals surface area contributed by atoms with Gasteiger partial charge < -0.3 is 14.2 Å². The van der Waals surface area contributed by atoms with E-state index in [0.717, 1.165) is 11.5 Å². The van der Waals surface area contributed by atoms with Gasteiger partial charge in [0.05, 0.1) is 18.3 Å². The van der Waals surface area contributed by atoms with Gasteiger partial charge in [0.25, 0.3) is 0 Å². The van der Waals surface area contributed by atoms with E-state index in [1.54, 1.807) is 26.2 Å². The molecular weight excluding hydrogens is 332 g/mol. The van der Waals surface area contributed by atoms with Gasteiger partial charge in [-0.15, -0.1) is 30.1 Å². The van der Waals surface area contributed by atoms with Gasteiger partial charge in [-0.3, -0.25) is 0 Å². The average molecular weight is 354 g/mol. The van der Waals surface area contributed by atoms with Gasteiger partial charge in [0.1, 0.15) is 0 Å². The summed E-state index contributed by atoms with van der Waals surface area (Å²) < 4.78 is 16.6. The Morgan fingerprint density at radius 1 is 1.39 bits per heavy atom. The molecule has 23 heavy (non-hydrogen) atoms. The topological polar surface area (TPSA) is 44.8 Å². The van der Waals surface area contributed by atoms with Crippen LogP contribution in [0.25, 0.3) is 0 Å². The Bertz CT molecular complexity index is 541. The normalized spacial score (nSPS) is 16.1. The van der Waals surface area contributed by atoms with Crippen LogP contribution in [0, 0.1) is 0 Å². The van der Waals surface area contributed by atoms with Crippen molar-refractivity contribution in [3.63, 3.8) is 0 Å². The summed E-state index contributed by atoms with van der Waals surface area (Å²) in [6.45, 7) is 5.75. The molecule has 1 aliphatic rings. The Labute approximate surface area is 145 Å². The molecule has 1 aliphatic heterocycles. The van der Waals surface area contributed by atoms with Crippen LogP contribution < -0.4 is 9.47 Å². The Morgan fingerprint density at radius 3 is 2.78 bits per heavy atom. The van der Waals surface area contributed by atoms with Crippen molar-refractivity contribution in [2.24, 2.45) is 0 Å². The second kappa shape index (κ2) is 9.25. The third-order valence-electron chi connectivity index (χ3n) is 3.31. The zero-order valence-corrected chi connectivity index (χ0v) is 15.1. The molecule has 1 aromatic carbocycles. The van der Waals surface area contributed by atoms with Crippen LogP contribution in [-0.2, 0) is 9.53 Å². The number of thioether (sulfide) groups is 2. The molecule has 0 bridgehead atoms. The summed E-state index contributed by atoms with van der Waals surface area (Å²) in [6.07, 6.45) is 1.82. The standard InChI is InChI=1S/C17H22O4S2/c1-4-5-8-20-12(2)16(18)21-14-7-6-13(11-15(14)19-3)17-22-9-10-23-17/h4,6-7,11-12,17H,1,5,8-10H2,2-3H3. The summed E-state index contributed by atoms with van der Waals surface area (Å²) >= 11 is 3.84. The fraction of sp³-hybridized carbons (Fsp3) is 0.471. The first-order valence-electron chi connectivity index (χ1n) is 7.51. The van der Waals surface area contributed by atoms with Crippen LogP contribution in [0.1, 0.15) is 23.5 Å². The van der Waals surface area contributed by atoms with Crippen LogP contribution in [0.4, 0.5) is 0 Å². The van der Waals surface area contributed by atoms with Crippen molar-refractivity contribution in [1.29, 1.82) is 0 Å². The maximum atomic E-state index is 12.1. The summed E-state index contributed by atoms with van der Waals surface area (Å²) in [5.41, 5.74) is 1.18. The largest absolute Gasteiger partial charge is 0.493 e. The summed E-state index contributed by atoms with van der Waals surface area (Å²) in [4.78, 5) is 12.1.